The van der Waals surface area contributed by atoms with E-state index in [9.17, 15) is 21.6 Å². The molecule has 1 aliphatic heterocycles. The molecule has 82 valence electrons. The van der Waals surface area contributed by atoms with Gasteiger partial charge in [-0.3, -0.25) is 4.58 Å². The number of likely N-dealkylation sites (N-methyl/N-ethyl adjacent to an activating group) is 1. The van der Waals surface area contributed by atoms with Crippen LogP contribution >= 0.6 is 0 Å². The number of hydroxylamine groups is 2. The third kappa shape index (κ3) is 2.35. The van der Waals surface area contributed by atoms with E-state index >= 15 is 0 Å². The van der Waals surface area contributed by atoms with Crippen molar-refractivity contribution in [3.05, 3.63) is 0 Å². The molecule has 1 aliphatic rings. The molecule has 0 unspecified atom stereocenters. The first-order valence-corrected chi connectivity index (χ1v) is 4.96. The summed E-state index contributed by atoms with van der Waals surface area (Å²) in [6, 6.07) is 0. The second-order valence-electron chi connectivity index (χ2n) is 2.71. The maximum Gasteiger partial charge on any atom is 0.526 e. The maximum atomic E-state index is 11.8. The summed E-state index contributed by atoms with van der Waals surface area (Å²) < 4.78 is 61.7. The quantitative estimate of drug-likeness (QED) is 0.487. The van der Waals surface area contributed by atoms with Gasteiger partial charge in [0, 0.05) is 0 Å². The van der Waals surface area contributed by atoms with Gasteiger partial charge in [0.15, 0.2) is 6.54 Å². The highest BCUT2D eigenvalue weighted by atomic mass is 32.2. The van der Waals surface area contributed by atoms with Crippen LogP contribution < -0.4 is 0 Å². The summed E-state index contributed by atoms with van der Waals surface area (Å²) in [5, 5.41) is 0.628. The van der Waals surface area contributed by atoms with Crippen LogP contribution in [-0.4, -0.2) is 50.0 Å². The average Bonchev–Trinajstić information content (AvgIpc) is 2.31. The van der Waals surface area contributed by atoms with E-state index in [0.717, 1.165) is 6.34 Å². The Labute approximate surface area is 78.5 Å². The Bertz CT molecular complexity index is 348. The van der Waals surface area contributed by atoms with E-state index in [1.165, 1.54) is 4.58 Å². The molecular formula is C5H8F3N2O3S+. The van der Waals surface area contributed by atoms with Gasteiger partial charge >= 0.3 is 15.6 Å². The van der Waals surface area contributed by atoms with Crippen molar-refractivity contribution >= 4 is 16.5 Å². The van der Waals surface area contributed by atoms with Gasteiger partial charge in [-0.1, -0.05) is 4.28 Å². The highest BCUT2D eigenvalue weighted by Crippen LogP contribution is 2.25. The van der Waals surface area contributed by atoms with E-state index in [0.29, 0.717) is 11.6 Å². The summed E-state index contributed by atoms with van der Waals surface area (Å²) in [6.07, 6.45) is 1.14. The zero-order valence-electron chi connectivity index (χ0n) is 7.15. The van der Waals surface area contributed by atoms with Gasteiger partial charge < -0.3 is 0 Å². The Morgan fingerprint density at radius 1 is 1.50 bits per heavy atom. The van der Waals surface area contributed by atoms with E-state index in [1.807, 2.05) is 0 Å². The molecular weight excluding hydrogens is 225 g/mol. The summed E-state index contributed by atoms with van der Waals surface area (Å²) in [5.74, 6) is 0. The molecule has 14 heavy (non-hydrogen) atoms. The van der Waals surface area contributed by atoms with Crippen LogP contribution in [-0.2, 0) is 14.4 Å². The normalized spacial score (nSPS) is 18.6. The monoisotopic (exact) mass is 233 g/mol. The number of halogens is 3. The van der Waals surface area contributed by atoms with Gasteiger partial charge in [0.05, 0.1) is 7.05 Å². The Balaban J connectivity index is 2.71. The minimum absolute atomic E-state index is 0.0752. The largest absolute Gasteiger partial charge is 0.526 e. The third-order valence-electron chi connectivity index (χ3n) is 1.48. The molecule has 9 heteroatoms. The van der Waals surface area contributed by atoms with Gasteiger partial charge in [0.1, 0.15) is 6.54 Å². The van der Waals surface area contributed by atoms with E-state index < -0.39 is 15.6 Å². The molecule has 0 fully saturated rings. The maximum absolute atomic E-state index is 11.8. The summed E-state index contributed by atoms with van der Waals surface area (Å²) in [4.78, 5) is 0. The Kier molecular flexibility index (Phi) is 2.72. The van der Waals surface area contributed by atoms with Crippen molar-refractivity contribution in [2.24, 2.45) is 0 Å². The highest BCUT2D eigenvalue weighted by Gasteiger charge is 2.50. The molecule has 0 atom stereocenters. The molecule has 0 aliphatic carbocycles. The zero-order chi connectivity index (χ0) is 11.0. The molecule has 0 saturated carbocycles. The molecule has 0 spiro atoms. The first kappa shape index (κ1) is 11.2. The van der Waals surface area contributed by atoms with Crippen LogP contribution in [0.4, 0.5) is 13.2 Å². The topological polar surface area (TPSA) is 49.6 Å². The molecule has 0 radical (unpaired) electrons. The molecule has 0 bridgehead atoms. The predicted octanol–water partition coefficient (Wildman–Crippen LogP) is -0.246. The predicted molar refractivity (Wildman–Crippen MR) is 39.9 cm³/mol. The molecule has 1 heterocycles. The lowest BCUT2D eigenvalue weighted by Gasteiger charge is -2.08. The first-order valence-electron chi connectivity index (χ1n) is 3.55. The molecule has 0 amide bonds. The zero-order valence-corrected chi connectivity index (χ0v) is 7.97. The van der Waals surface area contributed by atoms with Gasteiger partial charge in [-0.05, 0) is 0 Å². The second kappa shape index (κ2) is 3.39. The van der Waals surface area contributed by atoms with Crippen LogP contribution in [0.1, 0.15) is 0 Å². The van der Waals surface area contributed by atoms with Crippen LogP contribution in [0, 0.1) is 0 Å². The smallest absolute Gasteiger partial charge is 0.265 e. The molecule has 0 aromatic heterocycles. The SMILES string of the molecule is C[N+]1=CN(OS(=O)(=O)C(F)(F)F)CC1. The molecule has 1 rings (SSSR count). The molecule has 0 N–H and O–H groups in total. The van der Waals surface area contributed by atoms with Crippen LogP contribution in [0.25, 0.3) is 0 Å². The van der Waals surface area contributed by atoms with Crippen molar-refractivity contribution < 1.29 is 30.4 Å². The Morgan fingerprint density at radius 3 is 2.43 bits per heavy atom. The lowest BCUT2D eigenvalue weighted by molar-refractivity contribution is -0.482. The van der Waals surface area contributed by atoms with Crippen LogP contribution in [0.3, 0.4) is 0 Å². The molecule has 0 saturated heterocycles. The van der Waals surface area contributed by atoms with Crippen molar-refractivity contribution in [2.75, 3.05) is 20.1 Å². The number of hydrogen-bond donors (Lipinski definition) is 0. The number of hydrogen-bond acceptors (Lipinski definition) is 4. The lowest BCUT2D eigenvalue weighted by atomic mass is 10.7. The summed E-state index contributed by atoms with van der Waals surface area (Å²) in [7, 11) is -3.95. The van der Waals surface area contributed by atoms with E-state index in [4.69, 9.17) is 0 Å². The summed E-state index contributed by atoms with van der Waals surface area (Å²) in [5.41, 5.74) is -5.39. The fourth-order valence-corrected chi connectivity index (χ4v) is 1.27. The van der Waals surface area contributed by atoms with Gasteiger partial charge in [-0.15, -0.1) is 5.06 Å². The van der Waals surface area contributed by atoms with Crippen LogP contribution in [0.15, 0.2) is 0 Å². The van der Waals surface area contributed by atoms with Gasteiger partial charge in [-0.25, -0.2) is 0 Å². The molecule has 0 aromatic rings. The minimum Gasteiger partial charge on any atom is -0.265 e. The fourth-order valence-electron chi connectivity index (χ4n) is 0.816. The number of nitrogens with zero attached hydrogens (tertiary/aromatic N) is 2. The van der Waals surface area contributed by atoms with Gasteiger partial charge in [0.25, 0.3) is 6.34 Å². The lowest BCUT2D eigenvalue weighted by Crippen LogP contribution is -2.33. The number of rotatable bonds is 2. The number of alkyl halides is 3. The molecule has 0 aromatic carbocycles. The van der Waals surface area contributed by atoms with Crippen molar-refractivity contribution in [3.8, 4) is 0 Å². The molecule has 5 nitrogen and oxygen atoms in total. The Hall–Kier alpha value is -0.830. The summed E-state index contributed by atoms with van der Waals surface area (Å²) >= 11 is 0. The fraction of sp³-hybridized carbons (Fsp3) is 0.800. The summed E-state index contributed by atoms with van der Waals surface area (Å²) in [6.45, 7) is 0.485. The van der Waals surface area contributed by atoms with E-state index in [-0.39, 0.29) is 6.54 Å². The average molecular weight is 233 g/mol. The third-order valence-corrected chi connectivity index (χ3v) is 2.43. The van der Waals surface area contributed by atoms with Crippen LogP contribution in [0.5, 0.6) is 0 Å². The minimum atomic E-state index is -5.54. The second-order valence-corrected chi connectivity index (χ2v) is 4.23. The standard InChI is InChI=1S/C5H8F3N2O3S/c1-9-2-3-10(4-9)13-14(11,12)5(6,7)8/h4H,2-3H2,1H3/q+1. The van der Waals surface area contributed by atoms with Gasteiger partial charge in [-0.2, -0.15) is 21.6 Å². The van der Waals surface area contributed by atoms with Crippen molar-refractivity contribution in [2.45, 2.75) is 5.51 Å². The van der Waals surface area contributed by atoms with Crippen molar-refractivity contribution in [1.29, 1.82) is 0 Å². The van der Waals surface area contributed by atoms with E-state index in [1.54, 1.807) is 7.05 Å². The van der Waals surface area contributed by atoms with Crippen molar-refractivity contribution in [1.82, 2.24) is 5.06 Å². The Morgan fingerprint density at radius 2 is 2.07 bits per heavy atom. The van der Waals surface area contributed by atoms with Crippen LogP contribution in [0.2, 0.25) is 0 Å². The van der Waals surface area contributed by atoms with E-state index in [2.05, 4.69) is 4.28 Å². The highest BCUT2D eigenvalue weighted by molar-refractivity contribution is 7.87. The van der Waals surface area contributed by atoms with Gasteiger partial charge in [0.2, 0.25) is 0 Å². The first-order chi connectivity index (χ1) is 6.22. The van der Waals surface area contributed by atoms with Crippen molar-refractivity contribution in [3.63, 3.8) is 0 Å².